The lowest BCUT2D eigenvalue weighted by Gasteiger charge is -2.23. The van der Waals surface area contributed by atoms with Crippen molar-refractivity contribution in [3.8, 4) is 0 Å². The number of rotatable bonds is 4. The molecule has 2 nitrogen and oxygen atoms in total. The molecule has 2 aromatic carbocycles. The average molecular weight is 331 g/mol. The molecule has 0 aliphatic carbocycles. The van der Waals surface area contributed by atoms with Crippen molar-refractivity contribution in [1.29, 1.82) is 0 Å². The van der Waals surface area contributed by atoms with Crippen LogP contribution in [0.1, 0.15) is 23.1 Å². The highest BCUT2D eigenvalue weighted by Crippen LogP contribution is 2.35. The van der Waals surface area contributed by atoms with Crippen LogP contribution in [0.4, 0.5) is 0 Å². The molecule has 3 N–H and O–H groups in total. The molecule has 2 rings (SSSR count). The van der Waals surface area contributed by atoms with Gasteiger partial charge in [-0.1, -0.05) is 59.1 Å². The Bertz CT molecular complexity index is 603. The molecule has 0 saturated heterocycles. The van der Waals surface area contributed by atoms with Crippen molar-refractivity contribution in [2.75, 3.05) is 6.54 Å². The molecule has 0 saturated carbocycles. The van der Waals surface area contributed by atoms with Crippen LogP contribution in [-0.4, -0.2) is 11.7 Å². The maximum Gasteiger partial charge on any atom is 0.0885 e. The Balaban J connectivity index is 2.36. The molecule has 2 unspecified atom stereocenters. The minimum atomic E-state index is -0.800. The van der Waals surface area contributed by atoms with Gasteiger partial charge in [0.1, 0.15) is 0 Å². The standard InChI is InChI=1S/C15H14Cl3NO/c16-12-4-2-1-3-10(12)15(20)11(8-19)9-5-6-13(17)14(18)7-9/h1-7,11,15,20H,8,19H2. The van der Waals surface area contributed by atoms with Gasteiger partial charge in [-0.25, -0.2) is 0 Å². The summed E-state index contributed by atoms with van der Waals surface area (Å²) in [4.78, 5) is 0. The Morgan fingerprint density at radius 1 is 0.950 bits per heavy atom. The summed E-state index contributed by atoms with van der Waals surface area (Å²) < 4.78 is 0. The fraction of sp³-hybridized carbons (Fsp3) is 0.200. The maximum atomic E-state index is 10.5. The fourth-order valence-electron chi connectivity index (χ4n) is 2.12. The number of hydrogen-bond donors (Lipinski definition) is 2. The van der Waals surface area contributed by atoms with Crippen molar-refractivity contribution in [2.24, 2.45) is 5.73 Å². The zero-order chi connectivity index (χ0) is 14.7. The molecule has 0 aliphatic rings. The third kappa shape index (κ3) is 3.27. The topological polar surface area (TPSA) is 46.2 Å². The van der Waals surface area contributed by atoms with Gasteiger partial charge in [-0.3, -0.25) is 0 Å². The van der Waals surface area contributed by atoms with E-state index in [-0.39, 0.29) is 12.5 Å². The zero-order valence-corrected chi connectivity index (χ0v) is 12.8. The molecule has 2 atom stereocenters. The van der Waals surface area contributed by atoms with Gasteiger partial charge in [0.15, 0.2) is 0 Å². The normalized spacial score (nSPS) is 14.1. The quantitative estimate of drug-likeness (QED) is 0.871. The number of hydrogen-bond acceptors (Lipinski definition) is 2. The lowest BCUT2D eigenvalue weighted by molar-refractivity contribution is 0.147. The Hall–Kier alpha value is -0.770. The smallest absolute Gasteiger partial charge is 0.0885 e. The molecular formula is C15H14Cl3NO. The first-order valence-electron chi connectivity index (χ1n) is 6.12. The summed E-state index contributed by atoms with van der Waals surface area (Å²) in [6.45, 7) is 0.268. The third-order valence-electron chi connectivity index (χ3n) is 3.23. The zero-order valence-electron chi connectivity index (χ0n) is 10.6. The van der Waals surface area contributed by atoms with Crippen molar-refractivity contribution < 1.29 is 5.11 Å². The van der Waals surface area contributed by atoms with Crippen molar-refractivity contribution in [3.63, 3.8) is 0 Å². The number of benzene rings is 2. The van der Waals surface area contributed by atoms with Gasteiger partial charge in [0.25, 0.3) is 0 Å². The molecule has 0 spiro atoms. The molecule has 0 amide bonds. The van der Waals surface area contributed by atoms with E-state index in [0.717, 1.165) is 5.56 Å². The van der Waals surface area contributed by atoms with E-state index < -0.39 is 6.10 Å². The maximum absolute atomic E-state index is 10.5. The first-order chi connectivity index (χ1) is 9.54. The number of aliphatic hydroxyl groups is 1. The van der Waals surface area contributed by atoms with Crippen LogP contribution in [0.15, 0.2) is 42.5 Å². The summed E-state index contributed by atoms with van der Waals surface area (Å²) in [6, 6.07) is 12.4. The van der Waals surface area contributed by atoms with Crippen molar-refractivity contribution >= 4 is 34.8 Å². The van der Waals surface area contributed by atoms with E-state index in [2.05, 4.69) is 0 Å². The Labute approximate surface area is 133 Å². The van der Waals surface area contributed by atoms with Gasteiger partial charge in [-0.2, -0.15) is 0 Å². The Kier molecular flexibility index (Phi) is 5.30. The highest BCUT2D eigenvalue weighted by atomic mass is 35.5. The van der Waals surface area contributed by atoms with Crippen molar-refractivity contribution in [2.45, 2.75) is 12.0 Å². The number of halogens is 3. The van der Waals surface area contributed by atoms with Crippen molar-refractivity contribution in [1.82, 2.24) is 0 Å². The van der Waals surface area contributed by atoms with E-state index in [9.17, 15) is 5.11 Å². The molecule has 0 heterocycles. The van der Waals surface area contributed by atoms with E-state index in [1.165, 1.54) is 0 Å². The van der Waals surface area contributed by atoms with Crippen LogP contribution in [-0.2, 0) is 0 Å². The van der Waals surface area contributed by atoms with Crippen LogP contribution in [0.25, 0.3) is 0 Å². The minimum absolute atomic E-state index is 0.268. The molecule has 0 aromatic heterocycles. The second-order valence-electron chi connectivity index (χ2n) is 4.48. The van der Waals surface area contributed by atoms with Gasteiger partial charge in [-0.05, 0) is 29.3 Å². The average Bonchev–Trinajstić information content (AvgIpc) is 2.44. The molecule has 20 heavy (non-hydrogen) atoms. The van der Waals surface area contributed by atoms with Crippen LogP contribution in [0.3, 0.4) is 0 Å². The second kappa shape index (κ2) is 6.79. The molecule has 0 fully saturated rings. The van der Waals surface area contributed by atoms with Gasteiger partial charge in [0.2, 0.25) is 0 Å². The fourth-order valence-corrected chi connectivity index (χ4v) is 2.68. The predicted molar refractivity (Wildman–Crippen MR) is 84.7 cm³/mol. The first-order valence-corrected chi connectivity index (χ1v) is 7.25. The number of aliphatic hydroxyl groups excluding tert-OH is 1. The molecule has 106 valence electrons. The summed E-state index contributed by atoms with van der Waals surface area (Å²) in [5.74, 6) is -0.301. The van der Waals surface area contributed by atoms with Crippen LogP contribution >= 0.6 is 34.8 Å². The molecule has 0 bridgehead atoms. The minimum Gasteiger partial charge on any atom is -0.388 e. The highest BCUT2D eigenvalue weighted by Gasteiger charge is 2.23. The van der Waals surface area contributed by atoms with Crippen LogP contribution in [0.2, 0.25) is 15.1 Å². The first kappa shape index (κ1) is 15.6. The summed E-state index contributed by atoms with van der Waals surface area (Å²) in [6.07, 6.45) is -0.800. The highest BCUT2D eigenvalue weighted by molar-refractivity contribution is 6.42. The van der Waals surface area contributed by atoms with Crippen LogP contribution in [0.5, 0.6) is 0 Å². The summed E-state index contributed by atoms with van der Waals surface area (Å²) >= 11 is 18.0. The number of nitrogens with two attached hydrogens (primary N) is 1. The van der Waals surface area contributed by atoms with Gasteiger partial charge in [-0.15, -0.1) is 0 Å². The summed E-state index contributed by atoms with van der Waals surface area (Å²) in [7, 11) is 0. The molecule has 0 aliphatic heterocycles. The largest absolute Gasteiger partial charge is 0.388 e. The lowest BCUT2D eigenvalue weighted by atomic mass is 9.89. The molecule has 2 aromatic rings. The molecule has 5 heteroatoms. The summed E-state index contributed by atoms with van der Waals surface area (Å²) in [5.41, 5.74) is 7.28. The van der Waals surface area contributed by atoms with E-state index in [0.29, 0.717) is 20.6 Å². The van der Waals surface area contributed by atoms with E-state index in [4.69, 9.17) is 40.5 Å². The van der Waals surface area contributed by atoms with Crippen LogP contribution < -0.4 is 5.73 Å². The van der Waals surface area contributed by atoms with Gasteiger partial charge in [0.05, 0.1) is 16.1 Å². The third-order valence-corrected chi connectivity index (χ3v) is 4.31. The van der Waals surface area contributed by atoms with Gasteiger partial charge < -0.3 is 10.8 Å². The molecule has 0 radical (unpaired) electrons. The van der Waals surface area contributed by atoms with Gasteiger partial charge >= 0.3 is 0 Å². The Morgan fingerprint density at radius 3 is 2.25 bits per heavy atom. The SMILES string of the molecule is NCC(c1ccc(Cl)c(Cl)c1)C(O)c1ccccc1Cl. The van der Waals surface area contributed by atoms with Gasteiger partial charge in [0, 0.05) is 17.5 Å². The van der Waals surface area contributed by atoms with E-state index in [1.54, 1.807) is 24.3 Å². The van der Waals surface area contributed by atoms with E-state index in [1.807, 2.05) is 18.2 Å². The predicted octanol–water partition coefficient (Wildman–Crippen LogP) is 4.42. The lowest BCUT2D eigenvalue weighted by Crippen LogP contribution is -2.20. The van der Waals surface area contributed by atoms with E-state index >= 15 is 0 Å². The second-order valence-corrected chi connectivity index (χ2v) is 5.70. The molecular weight excluding hydrogens is 317 g/mol. The van der Waals surface area contributed by atoms with Crippen LogP contribution in [0, 0.1) is 0 Å². The summed E-state index contributed by atoms with van der Waals surface area (Å²) in [5, 5.41) is 12.0. The monoisotopic (exact) mass is 329 g/mol. The Morgan fingerprint density at radius 2 is 1.65 bits per heavy atom. The van der Waals surface area contributed by atoms with Crippen molar-refractivity contribution in [3.05, 3.63) is 68.7 Å².